The van der Waals surface area contributed by atoms with Gasteiger partial charge in [-0.15, -0.1) is 0 Å². The summed E-state index contributed by atoms with van der Waals surface area (Å²) in [5, 5.41) is 0. The number of hydrogen-bond donors (Lipinski definition) is 1. The number of sulfone groups is 1. The van der Waals surface area contributed by atoms with Crippen LogP contribution < -0.4 is 15.2 Å². The SMILES string of the molecule is CCOc1cc(C(CS(C)(=O)=O)N2C(=O)c3cccc(C(N)=O)c3C2=O)ccc1OC. The molecule has 0 saturated carbocycles. The van der Waals surface area contributed by atoms with Gasteiger partial charge in [0, 0.05) is 6.26 Å². The molecule has 0 radical (unpaired) electrons. The maximum absolute atomic E-state index is 13.2. The van der Waals surface area contributed by atoms with Crippen LogP contribution in [0, 0.1) is 0 Å². The van der Waals surface area contributed by atoms with E-state index in [4.69, 9.17) is 15.2 Å². The zero-order chi connectivity index (χ0) is 22.9. The summed E-state index contributed by atoms with van der Waals surface area (Å²) in [6, 6.07) is 7.73. The Bertz CT molecular complexity index is 1170. The van der Waals surface area contributed by atoms with Crippen molar-refractivity contribution < 1.29 is 32.3 Å². The van der Waals surface area contributed by atoms with Gasteiger partial charge in [0.05, 0.1) is 42.2 Å². The zero-order valence-corrected chi connectivity index (χ0v) is 18.1. The molecule has 2 N–H and O–H groups in total. The number of carbonyl (C=O) groups is 3. The lowest BCUT2D eigenvalue weighted by atomic mass is 10.0. The number of imide groups is 1. The summed E-state index contributed by atoms with van der Waals surface area (Å²) >= 11 is 0. The highest BCUT2D eigenvalue weighted by atomic mass is 32.2. The number of methoxy groups -OCH3 is 1. The van der Waals surface area contributed by atoms with Crippen molar-refractivity contribution in [3.8, 4) is 11.5 Å². The molecule has 10 heteroatoms. The van der Waals surface area contributed by atoms with Crippen molar-refractivity contribution in [3.63, 3.8) is 0 Å². The molecule has 0 spiro atoms. The van der Waals surface area contributed by atoms with Gasteiger partial charge < -0.3 is 15.2 Å². The molecule has 1 aliphatic heterocycles. The maximum atomic E-state index is 13.2. The molecule has 164 valence electrons. The third-order valence-electron chi connectivity index (χ3n) is 4.86. The largest absolute Gasteiger partial charge is 0.493 e. The maximum Gasteiger partial charge on any atom is 0.262 e. The molecule has 9 nitrogen and oxygen atoms in total. The first kappa shape index (κ1) is 22.3. The van der Waals surface area contributed by atoms with Gasteiger partial charge in [0.1, 0.15) is 9.84 Å². The molecule has 3 rings (SSSR count). The van der Waals surface area contributed by atoms with Gasteiger partial charge in [-0.2, -0.15) is 0 Å². The van der Waals surface area contributed by atoms with Crippen LogP contribution in [-0.2, 0) is 9.84 Å². The second-order valence-corrected chi connectivity index (χ2v) is 9.21. The monoisotopic (exact) mass is 446 g/mol. The van der Waals surface area contributed by atoms with E-state index in [9.17, 15) is 22.8 Å². The average Bonchev–Trinajstić information content (AvgIpc) is 2.96. The molecule has 0 bridgehead atoms. The quantitative estimate of drug-likeness (QED) is 0.609. The lowest BCUT2D eigenvalue weighted by Crippen LogP contribution is -2.38. The fourth-order valence-electron chi connectivity index (χ4n) is 3.57. The van der Waals surface area contributed by atoms with Gasteiger partial charge in [-0.3, -0.25) is 19.3 Å². The minimum absolute atomic E-state index is 0.00153. The van der Waals surface area contributed by atoms with E-state index in [1.54, 1.807) is 19.1 Å². The van der Waals surface area contributed by atoms with Crippen LogP contribution in [0.1, 0.15) is 49.6 Å². The molecule has 0 aliphatic carbocycles. The van der Waals surface area contributed by atoms with Gasteiger partial charge in [0.15, 0.2) is 11.5 Å². The summed E-state index contributed by atoms with van der Waals surface area (Å²) in [4.78, 5) is 39.0. The molecule has 1 aliphatic rings. The van der Waals surface area contributed by atoms with Crippen molar-refractivity contribution >= 4 is 27.6 Å². The number of ether oxygens (including phenoxy) is 2. The van der Waals surface area contributed by atoms with Crippen LogP contribution in [-0.4, -0.2) is 56.8 Å². The Hall–Kier alpha value is -3.40. The normalized spacial score (nSPS) is 14.4. The number of nitrogens with zero attached hydrogens (tertiary/aromatic N) is 1. The van der Waals surface area contributed by atoms with Crippen LogP contribution in [0.25, 0.3) is 0 Å². The van der Waals surface area contributed by atoms with Gasteiger partial charge in [-0.05, 0) is 36.8 Å². The zero-order valence-electron chi connectivity index (χ0n) is 17.2. The first-order valence-electron chi connectivity index (χ1n) is 9.38. The number of carbonyl (C=O) groups excluding carboxylic acids is 3. The Kier molecular flexibility index (Phi) is 6.03. The summed E-state index contributed by atoms with van der Waals surface area (Å²) < 4.78 is 35.2. The molecule has 0 fully saturated rings. The first-order valence-corrected chi connectivity index (χ1v) is 11.4. The van der Waals surface area contributed by atoms with E-state index in [1.165, 1.54) is 31.4 Å². The smallest absolute Gasteiger partial charge is 0.262 e. The third kappa shape index (κ3) is 4.24. The van der Waals surface area contributed by atoms with Crippen molar-refractivity contribution in [2.75, 3.05) is 25.7 Å². The minimum Gasteiger partial charge on any atom is -0.493 e. The number of nitrogens with two attached hydrogens (primary N) is 1. The Labute approximate surface area is 179 Å². The standard InChI is InChI=1S/C21H22N2O7S/c1-4-30-17-10-12(8-9-16(17)29-2)15(11-31(3,27)28)23-20(25)14-7-5-6-13(19(22)24)18(14)21(23)26/h5-10,15H,4,11H2,1-3H3,(H2,22,24). The highest BCUT2D eigenvalue weighted by Crippen LogP contribution is 2.37. The lowest BCUT2D eigenvalue weighted by molar-refractivity contribution is 0.0595. The van der Waals surface area contributed by atoms with Gasteiger partial charge in [-0.25, -0.2) is 8.42 Å². The van der Waals surface area contributed by atoms with E-state index < -0.39 is 39.4 Å². The fraction of sp³-hybridized carbons (Fsp3) is 0.286. The number of hydrogen-bond acceptors (Lipinski definition) is 7. The molecule has 1 unspecified atom stereocenters. The van der Waals surface area contributed by atoms with Gasteiger partial charge >= 0.3 is 0 Å². The van der Waals surface area contributed by atoms with E-state index >= 15 is 0 Å². The molecule has 2 aromatic rings. The molecular formula is C21H22N2O7S. The predicted octanol–water partition coefficient (Wildman–Crippen LogP) is 1.57. The van der Waals surface area contributed by atoms with Crippen LogP contribution >= 0.6 is 0 Å². The summed E-state index contributed by atoms with van der Waals surface area (Å²) in [7, 11) is -2.16. The highest BCUT2D eigenvalue weighted by molar-refractivity contribution is 7.90. The van der Waals surface area contributed by atoms with E-state index in [2.05, 4.69) is 0 Å². The number of fused-ring (bicyclic) bond motifs is 1. The molecule has 3 amide bonds. The Morgan fingerprint density at radius 3 is 2.42 bits per heavy atom. The topological polar surface area (TPSA) is 133 Å². The first-order chi connectivity index (χ1) is 14.6. The molecule has 0 saturated heterocycles. The lowest BCUT2D eigenvalue weighted by Gasteiger charge is -2.27. The molecule has 1 atom stereocenters. The molecule has 2 aromatic carbocycles. The van der Waals surface area contributed by atoms with E-state index in [-0.39, 0.29) is 16.7 Å². The number of rotatable bonds is 8. The van der Waals surface area contributed by atoms with E-state index in [0.717, 1.165) is 11.2 Å². The van der Waals surface area contributed by atoms with Crippen LogP contribution in [0.2, 0.25) is 0 Å². The Morgan fingerprint density at radius 1 is 1.13 bits per heavy atom. The van der Waals surface area contributed by atoms with Gasteiger partial charge in [0.25, 0.3) is 11.8 Å². The van der Waals surface area contributed by atoms with Crippen LogP contribution in [0.15, 0.2) is 36.4 Å². The number of primary amides is 1. The molecule has 31 heavy (non-hydrogen) atoms. The van der Waals surface area contributed by atoms with Crippen molar-refractivity contribution in [1.82, 2.24) is 4.90 Å². The number of benzene rings is 2. The van der Waals surface area contributed by atoms with Crippen molar-refractivity contribution in [1.29, 1.82) is 0 Å². The molecule has 1 heterocycles. The van der Waals surface area contributed by atoms with Gasteiger partial charge in [-0.1, -0.05) is 12.1 Å². The fourth-order valence-corrected chi connectivity index (χ4v) is 4.48. The third-order valence-corrected chi connectivity index (χ3v) is 5.78. The van der Waals surface area contributed by atoms with Crippen LogP contribution in [0.3, 0.4) is 0 Å². The van der Waals surface area contributed by atoms with Crippen molar-refractivity contribution in [2.24, 2.45) is 5.73 Å². The van der Waals surface area contributed by atoms with Crippen molar-refractivity contribution in [2.45, 2.75) is 13.0 Å². The number of amides is 3. The Morgan fingerprint density at radius 2 is 1.84 bits per heavy atom. The van der Waals surface area contributed by atoms with Crippen LogP contribution in [0.4, 0.5) is 0 Å². The van der Waals surface area contributed by atoms with E-state index in [1.807, 2.05) is 0 Å². The summed E-state index contributed by atoms with van der Waals surface area (Å²) in [5.41, 5.74) is 5.51. The molecular weight excluding hydrogens is 424 g/mol. The van der Waals surface area contributed by atoms with Gasteiger partial charge in [0.2, 0.25) is 5.91 Å². The van der Waals surface area contributed by atoms with Crippen LogP contribution in [0.5, 0.6) is 11.5 Å². The minimum atomic E-state index is -3.62. The molecule has 0 aromatic heterocycles. The second kappa shape index (κ2) is 8.38. The highest BCUT2D eigenvalue weighted by Gasteiger charge is 2.43. The Balaban J connectivity index is 2.16. The predicted molar refractivity (Wildman–Crippen MR) is 112 cm³/mol. The van der Waals surface area contributed by atoms with E-state index in [0.29, 0.717) is 23.7 Å². The summed E-state index contributed by atoms with van der Waals surface area (Å²) in [5.74, 6) is -2.09. The second-order valence-electron chi connectivity index (χ2n) is 7.02. The summed E-state index contributed by atoms with van der Waals surface area (Å²) in [6.45, 7) is 2.10. The van der Waals surface area contributed by atoms with Crippen molar-refractivity contribution in [3.05, 3.63) is 58.7 Å². The average molecular weight is 446 g/mol. The summed E-state index contributed by atoms with van der Waals surface area (Å²) in [6.07, 6.45) is 1.01.